The Morgan fingerprint density at radius 2 is 2.24 bits per heavy atom. The summed E-state index contributed by atoms with van der Waals surface area (Å²) in [7, 11) is 0. The summed E-state index contributed by atoms with van der Waals surface area (Å²) in [5.41, 5.74) is 1.75. The van der Waals surface area contributed by atoms with E-state index >= 15 is 0 Å². The number of aromatic nitrogens is 2. The number of hydrogen-bond donors (Lipinski definition) is 1. The van der Waals surface area contributed by atoms with E-state index in [-0.39, 0.29) is 23.9 Å². The Morgan fingerprint density at radius 1 is 1.40 bits per heavy atom. The summed E-state index contributed by atoms with van der Waals surface area (Å²) in [6, 6.07) is 4.46. The van der Waals surface area contributed by atoms with E-state index in [0.717, 1.165) is 18.5 Å². The molecule has 1 aromatic carbocycles. The van der Waals surface area contributed by atoms with Crippen molar-refractivity contribution < 1.29 is 9.18 Å². The van der Waals surface area contributed by atoms with Gasteiger partial charge in [0.2, 0.25) is 5.28 Å². The van der Waals surface area contributed by atoms with Crippen molar-refractivity contribution >= 4 is 29.1 Å². The topological polar surface area (TPSA) is 61.4 Å². The fourth-order valence-corrected chi connectivity index (χ4v) is 3.61. The minimum atomic E-state index is -0.420. The molecular formula is C17H17ClFN5O. The first kappa shape index (κ1) is 16.2. The average molecular weight is 362 g/mol. The lowest BCUT2D eigenvalue weighted by molar-refractivity contribution is 0.247. The van der Waals surface area contributed by atoms with Crippen LogP contribution in [0.5, 0.6) is 0 Å². The molecule has 3 heterocycles. The second-order valence-electron chi connectivity index (χ2n) is 6.28. The first-order valence-corrected chi connectivity index (χ1v) is 8.52. The molecule has 0 bridgehead atoms. The van der Waals surface area contributed by atoms with E-state index in [0.29, 0.717) is 23.6 Å². The van der Waals surface area contributed by atoms with Crippen molar-refractivity contribution in [2.45, 2.75) is 25.9 Å². The molecule has 2 aliphatic heterocycles. The van der Waals surface area contributed by atoms with E-state index in [1.165, 1.54) is 11.0 Å². The van der Waals surface area contributed by atoms with E-state index in [1.54, 1.807) is 30.2 Å². The highest BCUT2D eigenvalue weighted by molar-refractivity contribution is 6.28. The van der Waals surface area contributed by atoms with Crippen LogP contribution in [0.1, 0.15) is 17.5 Å². The normalized spacial score (nSPS) is 20.1. The number of urea groups is 1. The maximum Gasteiger partial charge on any atom is 0.330 e. The second-order valence-corrected chi connectivity index (χ2v) is 6.62. The van der Waals surface area contributed by atoms with Gasteiger partial charge >= 0.3 is 6.03 Å². The van der Waals surface area contributed by atoms with Crippen molar-refractivity contribution in [3.05, 3.63) is 46.6 Å². The van der Waals surface area contributed by atoms with E-state index in [1.807, 2.05) is 0 Å². The molecule has 1 N–H and O–H groups in total. The molecule has 4 rings (SSSR count). The summed E-state index contributed by atoms with van der Waals surface area (Å²) < 4.78 is 14.5. The molecule has 0 spiro atoms. The zero-order chi connectivity index (χ0) is 17.6. The number of carbonyl (C=O) groups excluding carboxylic acids is 1. The molecular weight excluding hydrogens is 345 g/mol. The average Bonchev–Trinajstić information content (AvgIpc) is 3.09. The van der Waals surface area contributed by atoms with Gasteiger partial charge in [-0.05, 0) is 43.1 Å². The number of para-hydroxylation sites is 1. The Morgan fingerprint density at radius 3 is 2.96 bits per heavy atom. The van der Waals surface area contributed by atoms with Crippen LogP contribution in [-0.4, -0.2) is 35.1 Å². The fraction of sp³-hybridized carbons (Fsp3) is 0.353. The minimum Gasteiger partial charge on any atom is -0.315 e. The molecule has 0 unspecified atom stereocenters. The number of aryl methyl sites for hydroxylation is 1. The standard InChI is InChI=1S/C17H17ClFN5O/c1-10-3-2-4-13(19)14(10)23-9-11-7-21-16(18)22-15(11)24(17(23)25)12-5-6-20-8-12/h2-4,7,12,20H,5-6,8-9H2,1H3/t12-/m0/s1. The third kappa shape index (κ3) is 2.73. The van der Waals surface area contributed by atoms with E-state index in [4.69, 9.17) is 11.6 Å². The van der Waals surface area contributed by atoms with E-state index in [2.05, 4.69) is 15.3 Å². The molecule has 2 aromatic rings. The van der Waals surface area contributed by atoms with Gasteiger partial charge in [0.25, 0.3) is 0 Å². The third-order valence-electron chi connectivity index (χ3n) is 4.66. The van der Waals surface area contributed by atoms with Gasteiger partial charge in [-0.15, -0.1) is 0 Å². The summed E-state index contributed by atoms with van der Waals surface area (Å²) in [4.78, 5) is 24.6. The van der Waals surface area contributed by atoms with Crippen molar-refractivity contribution in [3.8, 4) is 0 Å². The number of carbonyl (C=O) groups is 1. The maximum absolute atomic E-state index is 14.5. The van der Waals surface area contributed by atoms with Gasteiger partial charge in [-0.25, -0.2) is 14.2 Å². The summed E-state index contributed by atoms with van der Waals surface area (Å²) in [5.74, 6) is 0.0973. The number of fused-ring (bicyclic) bond motifs is 1. The van der Waals surface area contributed by atoms with Crippen LogP contribution in [0.4, 0.5) is 20.7 Å². The zero-order valence-electron chi connectivity index (χ0n) is 13.7. The Labute approximate surface area is 149 Å². The quantitative estimate of drug-likeness (QED) is 0.835. The smallest absolute Gasteiger partial charge is 0.315 e. The van der Waals surface area contributed by atoms with Gasteiger partial charge in [0, 0.05) is 18.3 Å². The molecule has 0 saturated carbocycles. The molecule has 25 heavy (non-hydrogen) atoms. The predicted octanol–water partition coefficient (Wildman–Crippen LogP) is 2.89. The Hall–Kier alpha value is -2.25. The first-order valence-electron chi connectivity index (χ1n) is 8.14. The Balaban J connectivity index is 1.84. The van der Waals surface area contributed by atoms with Crippen LogP contribution in [0.25, 0.3) is 0 Å². The van der Waals surface area contributed by atoms with Crippen LogP contribution >= 0.6 is 11.6 Å². The van der Waals surface area contributed by atoms with Gasteiger partial charge in [0.05, 0.1) is 18.3 Å². The van der Waals surface area contributed by atoms with Gasteiger partial charge < -0.3 is 5.32 Å². The lowest BCUT2D eigenvalue weighted by Gasteiger charge is -2.39. The lowest BCUT2D eigenvalue weighted by Crippen LogP contribution is -2.53. The fourth-order valence-electron chi connectivity index (χ4n) is 3.48. The summed E-state index contributed by atoms with van der Waals surface area (Å²) >= 11 is 5.95. The van der Waals surface area contributed by atoms with Crippen LogP contribution in [0.3, 0.4) is 0 Å². The predicted molar refractivity (Wildman–Crippen MR) is 93.5 cm³/mol. The van der Waals surface area contributed by atoms with Crippen LogP contribution in [0.2, 0.25) is 5.28 Å². The molecule has 1 atom stereocenters. The number of benzene rings is 1. The number of nitrogens with one attached hydrogen (secondary N) is 1. The second kappa shape index (κ2) is 6.24. The molecule has 0 radical (unpaired) electrons. The monoisotopic (exact) mass is 361 g/mol. The molecule has 1 aromatic heterocycles. The molecule has 0 aliphatic carbocycles. The first-order chi connectivity index (χ1) is 12.1. The van der Waals surface area contributed by atoms with Crippen LogP contribution in [0, 0.1) is 12.7 Å². The zero-order valence-corrected chi connectivity index (χ0v) is 14.4. The molecule has 6 nitrogen and oxygen atoms in total. The SMILES string of the molecule is Cc1cccc(F)c1N1Cc2cnc(Cl)nc2N([C@H]2CCNC2)C1=O. The van der Waals surface area contributed by atoms with E-state index < -0.39 is 5.82 Å². The van der Waals surface area contributed by atoms with Crippen LogP contribution in [-0.2, 0) is 6.54 Å². The Bertz CT molecular complexity index is 820. The molecule has 1 fully saturated rings. The molecule has 2 aliphatic rings. The van der Waals surface area contributed by atoms with Crippen LogP contribution in [0.15, 0.2) is 24.4 Å². The number of nitrogens with zero attached hydrogens (tertiary/aromatic N) is 4. The largest absolute Gasteiger partial charge is 0.330 e. The van der Waals surface area contributed by atoms with Crippen molar-refractivity contribution in [1.29, 1.82) is 0 Å². The third-order valence-corrected chi connectivity index (χ3v) is 4.85. The number of rotatable bonds is 2. The van der Waals surface area contributed by atoms with E-state index in [9.17, 15) is 9.18 Å². The summed E-state index contributed by atoms with van der Waals surface area (Å²) in [5, 5.41) is 3.35. The molecule has 8 heteroatoms. The summed E-state index contributed by atoms with van der Waals surface area (Å²) in [6.45, 7) is 3.49. The maximum atomic E-state index is 14.5. The number of halogens is 2. The highest BCUT2D eigenvalue weighted by Gasteiger charge is 2.39. The van der Waals surface area contributed by atoms with Crippen molar-refractivity contribution in [2.75, 3.05) is 22.9 Å². The van der Waals surface area contributed by atoms with Gasteiger partial charge in [-0.3, -0.25) is 9.80 Å². The summed E-state index contributed by atoms with van der Waals surface area (Å²) in [6.07, 6.45) is 2.41. The minimum absolute atomic E-state index is 0.0490. The molecule has 1 saturated heterocycles. The number of anilines is 2. The number of hydrogen-bond acceptors (Lipinski definition) is 4. The highest BCUT2D eigenvalue weighted by Crippen LogP contribution is 2.35. The molecule has 130 valence electrons. The lowest BCUT2D eigenvalue weighted by atomic mass is 10.1. The van der Waals surface area contributed by atoms with Crippen molar-refractivity contribution in [3.63, 3.8) is 0 Å². The van der Waals surface area contributed by atoms with Gasteiger partial charge in [0.1, 0.15) is 11.6 Å². The van der Waals surface area contributed by atoms with Gasteiger partial charge in [-0.1, -0.05) is 12.1 Å². The van der Waals surface area contributed by atoms with Gasteiger partial charge in [0.15, 0.2) is 0 Å². The van der Waals surface area contributed by atoms with Crippen molar-refractivity contribution in [2.24, 2.45) is 0 Å². The van der Waals surface area contributed by atoms with Crippen LogP contribution < -0.4 is 15.1 Å². The van der Waals surface area contributed by atoms with Gasteiger partial charge in [-0.2, -0.15) is 4.98 Å². The number of amides is 2. The highest BCUT2D eigenvalue weighted by atomic mass is 35.5. The Kier molecular flexibility index (Phi) is 4.05. The molecule has 2 amide bonds. The van der Waals surface area contributed by atoms with Crippen molar-refractivity contribution in [1.82, 2.24) is 15.3 Å².